The second-order valence-corrected chi connectivity index (χ2v) is 3.56. The molecule has 0 radical (unpaired) electrons. The van der Waals surface area contributed by atoms with Crippen molar-refractivity contribution in [1.82, 2.24) is 5.43 Å². The standard InChI is InChI=1S/C9H15N3O2/c1-6-4-2-3-5-7(6)11-12-9(14)8(10)13/h6H,2-5H2,1H3,(H2,10,13)(H,12,14). The van der Waals surface area contributed by atoms with E-state index in [0.29, 0.717) is 5.92 Å². The number of carbonyl (C=O) groups excluding carboxylic acids is 2. The van der Waals surface area contributed by atoms with Crippen LogP contribution in [0.25, 0.3) is 0 Å². The predicted octanol–water partition coefficient (Wildman–Crippen LogP) is 0.154. The van der Waals surface area contributed by atoms with Crippen LogP contribution < -0.4 is 11.2 Å². The maximum absolute atomic E-state index is 10.8. The molecule has 0 spiro atoms. The summed E-state index contributed by atoms with van der Waals surface area (Å²) in [7, 11) is 0. The molecule has 0 saturated heterocycles. The second-order valence-electron chi connectivity index (χ2n) is 3.56. The van der Waals surface area contributed by atoms with Gasteiger partial charge >= 0.3 is 11.8 Å². The third-order valence-corrected chi connectivity index (χ3v) is 2.41. The molecule has 1 aliphatic rings. The van der Waals surface area contributed by atoms with Crippen LogP contribution in [0.4, 0.5) is 0 Å². The van der Waals surface area contributed by atoms with E-state index >= 15 is 0 Å². The molecule has 0 bridgehead atoms. The third kappa shape index (κ3) is 2.83. The van der Waals surface area contributed by atoms with Crippen molar-refractivity contribution < 1.29 is 9.59 Å². The molecule has 0 aromatic heterocycles. The van der Waals surface area contributed by atoms with E-state index in [1.807, 2.05) is 0 Å². The maximum atomic E-state index is 10.8. The van der Waals surface area contributed by atoms with E-state index in [4.69, 9.17) is 5.73 Å². The molecule has 5 heteroatoms. The topological polar surface area (TPSA) is 84.6 Å². The molecule has 1 aliphatic carbocycles. The minimum absolute atomic E-state index is 0.386. The average Bonchev–Trinajstić information content (AvgIpc) is 2.16. The van der Waals surface area contributed by atoms with E-state index in [1.165, 1.54) is 6.42 Å². The van der Waals surface area contributed by atoms with E-state index in [9.17, 15) is 9.59 Å². The highest BCUT2D eigenvalue weighted by molar-refractivity contribution is 6.34. The Balaban J connectivity index is 2.50. The summed E-state index contributed by atoms with van der Waals surface area (Å²) in [5.74, 6) is -1.47. The van der Waals surface area contributed by atoms with Crippen molar-refractivity contribution in [2.45, 2.75) is 32.6 Å². The SMILES string of the molecule is CC1CCCCC1=NNC(=O)C(N)=O. The van der Waals surface area contributed by atoms with Crippen LogP contribution in [-0.2, 0) is 9.59 Å². The van der Waals surface area contributed by atoms with Gasteiger partial charge in [-0.3, -0.25) is 9.59 Å². The number of nitrogens with zero attached hydrogens (tertiary/aromatic N) is 1. The predicted molar refractivity (Wildman–Crippen MR) is 52.4 cm³/mol. The number of rotatable bonds is 1. The van der Waals surface area contributed by atoms with Crippen LogP contribution in [-0.4, -0.2) is 17.5 Å². The zero-order valence-electron chi connectivity index (χ0n) is 8.25. The van der Waals surface area contributed by atoms with E-state index in [-0.39, 0.29) is 0 Å². The first-order valence-electron chi connectivity index (χ1n) is 4.77. The van der Waals surface area contributed by atoms with Crippen molar-refractivity contribution >= 4 is 17.5 Å². The fourth-order valence-electron chi connectivity index (χ4n) is 1.51. The Labute approximate surface area is 82.7 Å². The molecular formula is C9H15N3O2. The highest BCUT2D eigenvalue weighted by Gasteiger charge is 2.16. The van der Waals surface area contributed by atoms with Gasteiger partial charge in [0, 0.05) is 5.71 Å². The number of amides is 2. The molecule has 0 aliphatic heterocycles. The number of nitrogens with one attached hydrogen (secondary N) is 1. The second kappa shape index (κ2) is 4.74. The molecule has 14 heavy (non-hydrogen) atoms. The Bertz CT molecular complexity index is 273. The molecule has 1 atom stereocenters. The van der Waals surface area contributed by atoms with Crippen molar-refractivity contribution in [1.29, 1.82) is 0 Å². The van der Waals surface area contributed by atoms with Crippen molar-refractivity contribution in [2.75, 3.05) is 0 Å². The summed E-state index contributed by atoms with van der Waals surface area (Å²) in [5, 5.41) is 3.90. The molecule has 2 amide bonds. The van der Waals surface area contributed by atoms with E-state index in [2.05, 4.69) is 17.5 Å². The Hall–Kier alpha value is -1.39. The van der Waals surface area contributed by atoms with Gasteiger partial charge < -0.3 is 5.73 Å². The lowest BCUT2D eigenvalue weighted by Gasteiger charge is -2.19. The fourth-order valence-corrected chi connectivity index (χ4v) is 1.51. The molecule has 0 heterocycles. The van der Waals surface area contributed by atoms with E-state index in [0.717, 1.165) is 25.0 Å². The van der Waals surface area contributed by atoms with Crippen LogP contribution in [0.2, 0.25) is 0 Å². The highest BCUT2D eigenvalue weighted by Crippen LogP contribution is 2.20. The zero-order chi connectivity index (χ0) is 10.6. The number of hydrogen-bond acceptors (Lipinski definition) is 3. The van der Waals surface area contributed by atoms with Gasteiger partial charge in [0.05, 0.1) is 0 Å². The third-order valence-electron chi connectivity index (χ3n) is 2.41. The van der Waals surface area contributed by atoms with Crippen LogP contribution in [0, 0.1) is 5.92 Å². The number of carbonyl (C=O) groups is 2. The van der Waals surface area contributed by atoms with Gasteiger partial charge in [-0.1, -0.05) is 13.3 Å². The largest absolute Gasteiger partial charge is 0.361 e. The Morgan fingerprint density at radius 1 is 1.50 bits per heavy atom. The van der Waals surface area contributed by atoms with Crippen LogP contribution in [0.3, 0.4) is 0 Å². The van der Waals surface area contributed by atoms with Crippen LogP contribution >= 0.6 is 0 Å². The van der Waals surface area contributed by atoms with Crippen molar-refractivity contribution in [3.63, 3.8) is 0 Å². The molecule has 1 unspecified atom stereocenters. The molecule has 1 fully saturated rings. The van der Waals surface area contributed by atoms with Gasteiger partial charge in [-0.25, -0.2) is 5.43 Å². The maximum Gasteiger partial charge on any atom is 0.329 e. The first-order chi connectivity index (χ1) is 6.61. The summed E-state index contributed by atoms with van der Waals surface area (Å²) in [6.07, 6.45) is 4.27. The summed E-state index contributed by atoms with van der Waals surface area (Å²) < 4.78 is 0. The molecule has 3 N–H and O–H groups in total. The molecule has 0 aromatic rings. The van der Waals surface area contributed by atoms with Crippen LogP contribution in [0.1, 0.15) is 32.6 Å². The van der Waals surface area contributed by atoms with Crippen LogP contribution in [0.5, 0.6) is 0 Å². The molecule has 5 nitrogen and oxygen atoms in total. The van der Waals surface area contributed by atoms with Gasteiger partial charge in [0.2, 0.25) is 0 Å². The molecule has 1 rings (SSSR count). The van der Waals surface area contributed by atoms with Crippen LogP contribution in [0.15, 0.2) is 5.10 Å². The van der Waals surface area contributed by atoms with Crippen molar-refractivity contribution in [3.05, 3.63) is 0 Å². The van der Waals surface area contributed by atoms with Crippen molar-refractivity contribution in [3.8, 4) is 0 Å². The highest BCUT2D eigenvalue weighted by atomic mass is 16.2. The monoisotopic (exact) mass is 197 g/mol. The Morgan fingerprint density at radius 3 is 2.79 bits per heavy atom. The van der Waals surface area contributed by atoms with Gasteiger partial charge in [0.25, 0.3) is 0 Å². The lowest BCUT2D eigenvalue weighted by Crippen LogP contribution is -2.34. The first kappa shape index (κ1) is 10.7. The molecule has 78 valence electrons. The van der Waals surface area contributed by atoms with Crippen molar-refractivity contribution in [2.24, 2.45) is 16.8 Å². The average molecular weight is 197 g/mol. The van der Waals surface area contributed by atoms with Gasteiger partial charge in [0.15, 0.2) is 0 Å². The summed E-state index contributed by atoms with van der Waals surface area (Å²) in [4.78, 5) is 21.2. The summed E-state index contributed by atoms with van der Waals surface area (Å²) >= 11 is 0. The summed E-state index contributed by atoms with van der Waals surface area (Å²) in [6, 6.07) is 0. The minimum atomic E-state index is -1.00. The van der Waals surface area contributed by atoms with Gasteiger partial charge in [-0.05, 0) is 25.2 Å². The van der Waals surface area contributed by atoms with Gasteiger partial charge in [-0.2, -0.15) is 5.10 Å². The first-order valence-corrected chi connectivity index (χ1v) is 4.77. The summed E-state index contributed by atoms with van der Waals surface area (Å²) in [5.41, 5.74) is 7.87. The number of hydrazone groups is 1. The quantitative estimate of drug-likeness (QED) is 0.463. The lowest BCUT2D eigenvalue weighted by atomic mass is 9.89. The van der Waals surface area contributed by atoms with Gasteiger partial charge in [-0.15, -0.1) is 0 Å². The smallest absolute Gasteiger partial charge is 0.329 e. The number of hydrogen-bond donors (Lipinski definition) is 2. The zero-order valence-corrected chi connectivity index (χ0v) is 8.25. The Kier molecular flexibility index (Phi) is 3.62. The van der Waals surface area contributed by atoms with E-state index in [1.54, 1.807) is 0 Å². The molecular weight excluding hydrogens is 182 g/mol. The van der Waals surface area contributed by atoms with E-state index < -0.39 is 11.8 Å². The molecule has 0 aromatic carbocycles. The van der Waals surface area contributed by atoms with Gasteiger partial charge in [0.1, 0.15) is 0 Å². The summed E-state index contributed by atoms with van der Waals surface area (Å²) in [6.45, 7) is 2.06. The minimum Gasteiger partial charge on any atom is -0.361 e. The fraction of sp³-hybridized carbons (Fsp3) is 0.667. The lowest BCUT2D eigenvalue weighted by molar-refractivity contribution is -0.137. The molecule has 1 saturated carbocycles. The Morgan fingerprint density at radius 2 is 2.21 bits per heavy atom. The number of primary amides is 1. The number of nitrogens with two attached hydrogens (primary N) is 1. The normalized spacial score (nSPS) is 24.6.